The van der Waals surface area contributed by atoms with Gasteiger partial charge in [0.25, 0.3) is 0 Å². The minimum atomic E-state index is -0.583. The van der Waals surface area contributed by atoms with Crippen LogP contribution in [0.5, 0.6) is 0 Å². The van der Waals surface area contributed by atoms with Gasteiger partial charge in [-0.05, 0) is 42.5 Å². The van der Waals surface area contributed by atoms with E-state index in [2.05, 4.69) is 9.97 Å². The first-order valence-electron chi connectivity index (χ1n) is 6.80. The summed E-state index contributed by atoms with van der Waals surface area (Å²) in [6.45, 7) is -0.334. The lowest BCUT2D eigenvalue weighted by atomic mass is 10.1. The van der Waals surface area contributed by atoms with E-state index in [4.69, 9.17) is 16.3 Å². The normalized spacial score (nSPS) is 10.5. The number of ether oxygens (including phenoxy) is 1. The van der Waals surface area contributed by atoms with Gasteiger partial charge < -0.3 is 4.74 Å². The number of Topliss-reactive ketones (excluding diaryl/α,β-unsaturated/α-hetero) is 1. The molecule has 3 rings (SSSR count). The number of rotatable bonds is 4. The van der Waals surface area contributed by atoms with E-state index in [1.165, 1.54) is 0 Å². The summed E-state index contributed by atoms with van der Waals surface area (Å²) in [5, 5.41) is 0.538. The highest BCUT2D eigenvalue weighted by Crippen LogP contribution is 2.13. The molecule has 0 amide bonds. The highest BCUT2D eigenvalue weighted by atomic mass is 35.5. The number of hydrogen-bond donors (Lipinski definition) is 0. The molecule has 1 aromatic heterocycles. The molecule has 0 aliphatic rings. The third kappa shape index (κ3) is 3.52. The Morgan fingerprint density at radius 3 is 2.30 bits per heavy atom. The van der Waals surface area contributed by atoms with Crippen LogP contribution in [0.15, 0.2) is 54.9 Å². The second-order valence-corrected chi connectivity index (χ2v) is 5.20. The zero-order valence-electron chi connectivity index (χ0n) is 11.9. The Labute approximate surface area is 136 Å². The summed E-state index contributed by atoms with van der Waals surface area (Å²) in [4.78, 5) is 32.2. The van der Waals surface area contributed by atoms with Crippen molar-refractivity contribution in [3.63, 3.8) is 0 Å². The summed E-state index contributed by atoms with van der Waals surface area (Å²) in [5.74, 6) is -0.879. The summed E-state index contributed by atoms with van der Waals surface area (Å²) in [7, 11) is 0. The Balaban J connectivity index is 1.68. The number of nitrogens with zero attached hydrogens (tertiary/aromatic N) is 2. The highest BCUT2D eigenvalue weighted by molar-refractivity contribution is 6.30. The van der Waals surface area contributed by atoms with Crippen molar-refractivity contribution in [2.24, 2.45) is 0 Å². The summed E-state index contributed by atoms with van der Waals surface area (Å²) in [5.41, 5.74) is 2.03. The minimum Gasteiger partial charge on any atom is -0.454 e. The van der Waals surface area contributed by atoms with Crippen molar-refractivity contribution < 1.29 is 14.3 Å². The lowest BCUT2D eigenvalue weighted by molar-refractivity contribution is 0.0475. The fraction of sp³-hybridized carbons (Fsp3) is 0.0588. The van der Waals surface area contributed by atoms with Crippen molar-refractivity contribution in [3.05, 3.63) is 71.0 Å². The van der Waals surface area contributed by atoms with Gasteiger partial charge in [-0.3, -0.25) is 14.8 Å². The Morgan fingerprint density at radius 2 is 1.57 bits per heavy atom. The Kier molecular flexibility index (Phi) is 4.30. The Hall–Kier alpha value is -2.79. The number of benzene rings is 2. The molecule has 0 bridgehead atoms. The molecule has 5 nitrogen and oxygen atoms in total. The maximum Gasteiger partial charge on any atom is 0.338 e. The van der Waals surface area contributed by atoms with Gasteiger partial charge in [0, 0.05) is 23.0 Å². The lowest BCUT2D eigenvalue weighted by Crippen LogP contribution is -2.14. The highest BCUT2D eigenvalue weighted by Gasteiger charge is 2.12. The SMILES string of the molecule is O=C(COC(=O)c1ccc2nccnc2c1)c1ccc(Cl)cc1. The van der Waals surface area contributed by atoms with Gasteiger partial charge in [-0.25, -0.2) is 4.79 Å². The first kappa shape index (κ1) is 15.1. The van der Waals surface area contributed by atoms with Gasteiger partial charge >= 0.3 is 5.97 Å². The standard InChI is InChI=1S/C17H11ClN2O3/c18-13-4-1-11(2-5-13)16(21)10-23-17(22)12-3-6-14-15(9-12)20-8-7-19-14/h1-9H,10H2. The number of fused-ring (bicyclic) bond motifs is 1. The summed E-state index contributed by atoms with van der Waals surface area (Å²) in [6.07, 6.45) is 3.12. The van der Waals surface area contributed by atoms with Crippen molar-refractivity contribution in [3.8, 4) is 0 Å². The van der Waals surface area contributed by atoms with E-state index >= 15 is 0 Å². The molecule has 0 saturated carbocycles. The molecule has 0 N–H and O–H groups in total. The first-order chi connectivity index (χ1) is 11.1. The van der Waals surface area contributed by atoms with Crippen LogP contribution in [0.25, 0.3) is 11.0 Å². The molecule has 0 spiro atoms. The summed E-state index contributed by atoms with van der Waals surface area (Å²) in [6, 6.07) is 11.2. The maximum absolute atomic E-state index is 12.0. The largest absolute Gasteiger partial charge is 0.454 e. The molecule has 1 heterocycles. The maximum atomic E-state index is 12.0. The number of hydrogen-bond acceptors (Lipinski definition) is 5. The topological polar surface area (TPSA) is 69.2 Å². The summed E-state index contributed by atoms with van der Waals surface area (Å²) < 4.78 is 5.05. The molecule has 0 unspecified atom stereocenters. The fourth-order valence-corrected chi connectivity index (χ4v) is 2.15. The van der Waals surface area contributed by atoms with Crippen LogP contribution in [0.4, 0.5) is 0 Å². The van der Waals surface area contributed by atoms with E-state index < -0.39 is 5.97 Å². The molecule has 0 atom stereocenters. The molecule has 0 saturated heterocycles. The Morgan fingerprint density at radius 1 is 0.913 bits per heavy atom. The lowest BCUT2D eigenvalue weighted by Gasteiger charge is -2.05. The summed E-state index contributed by atoms with van der Waals surface area (Å²) >= 11 is 5.76. The zero-order chi connectivity index (χ0) is 16.2. The monoisotopic (exact) mass is 326 g/mol. The van der Waals surface area contributed by atoms with E-state index in [-0.39, 0.29) is 12.4 Å². The van der Waals surface area contributed by atoms with Gasteiger partial charge in [-0.1, -0.05) is 11.6 Å². The van der Waals surface area contributed by atoms with Crippen molar-refractivity contribution in [1.82, 2.24) is 9.97 Å². The predicted octanol–water partition coefficient (Wildman–Crippen LogP) is 3.32. The van der Waals surface area contributed by atoms with Gasteiger partial charge in [0.2, 0.25) is 0 Å². The molecule has 0 aliphatic carbocycles. The van der Waals surface area contributed by atoms with Crippen LogP contribution in [-0.4, -0.2) is 28.3 Å². The number of aromatic nitrogens is 2. The van der Waals surface area contributed by atoms with Gasteiger partial charge in [-0.15, -0.1) is 0 Å². The zero-order valence-corrected chi connectivity index (χ0v) is 12.7. The minimum absolute atomic E-state index is 0.296. The van der Waals surface area contributed by atoms with Crippen LogP contribution in [0, 0.1) is 0 Å². The number of ketones is 1. The third-order valence-electron chi connectivity index (χ3n) is 3.21. The molecule has 3 aromatic rings. The van der Waals surface area contributed by atoms with E-state index in [1.807, 2.05) is 0 Å². The van der Waals surface area contributed by atoms with E-state index in [0.717, 1.165) is 0 Å². The molecule has 23 heavy (non-hydrogen) atoms. The third-order valence-corrected chi connectivity index (χ3v) is 3.46. The molecule has 0 fully saturated rings. The van der Waals surface area contributed by atoms with Crippen LogP contribution < -0.4 is 0 Å². The van der Waals surface area contributed by atoms with Gasteiger partial charge in [0.1, 0.15) is 0 Å². The molecule has 6 heteroatoms. The Bertz CT molecular complexity index is 878. The van der Waals surface area contributed by atoms with Crippen LogP contribution in [0.2, 0.25) is 5.02 Å². The van der Waals surface area contributed by atoms with Crippen LogP contribution in [0.3, 0.4) is 0 Å². The average molecular weight is 327 g/mol. The molecular weight excluding hydrogens is 316 g/mol. The van der Waals surface area contributed by atoms with Gasteiger partial charge in [0.05, 0.1) is 16.6 Å². The predicted molar refractivity (Wildman–Crippen MR) is 85.6 cm³/mol. The second kappa shape index (κ2) is 6.54. The van der Waals surface area contributed by atoms with Crippen molar-refractivity contribution in [2.45, 2.75) is 0 Å². The first-order valence-corrected chi connectivity index (χ1v) is 7.18. The van der Waals surface area contributed by atoms with E-state index in [9.17, 15) is 9.59 Å². The molecule has 2 aromatic carbocycles. The molecular formula is C17H11ClN2O3. The fourth-order valence-electron chi connectivity index (χ4n) is 2.02. The van der Waals surface area contributed by atoms with E-state index in [0.29, 0.717) is 27.2 Å². The number of esters is 1. The van der Waals surface area contributed by atoms with Crippen LogP contribution in [0.1, 0.15) is 20.7 Å². The van der Waals surface area contributed by atoms with E-state index in [1.54, 1.807) is 54.9 Å². The smallest absolute Gasteiger partial charge is 0.338 e. The quantitative estimate of drug-likeness (QED) is 0.543. The number of carbonyl (C=O) groups excluding carboxylic acids is 2. The average Bonchev–Trinajstić information content (AvgIpc) is 2.59. The van der Waals surface area contributed by atoms with Gasteiger partial charge in [0.15, 0.2) is 12.4 Å². The molecule has 0 aliphatic heterocycles. The van der Waals surface area contributed by atoms with Crippen LogP contribution in [-0.2, 0) is 4.74 Å². The van der Waals surface area contributed by atoms with Crippen molar-refractivity contribution in [2.75, 3.05) is 6.61 Å². The van der Waals surface area contributed by atoms with Gasteiger partial charge in [-0.2, -0.15) is 0 Å². The molecule has 0 radical (unpaired) electrons. The number of halogens is 1. The van der Waals surface area contributed by atoms with Crippen molar-refractivity contribution >= 4 is 34.4 Å². The second-order valence-electron chi connectivity index (χ2n) is 4.77. The molecule has 114 valence electrons. The van der Waals surface area contributed by atoms with Crippen molar-refractivity contribution in [1.29, 1.82) is 0 Å². The van der Waals surface area contributed by atoms with Crippen LogP contribution >= 0.6 is 11.6 Å². The number of carbonyl (C=O) groups is 2.